The van der Waals surface area contributed by atoms with E-state index in [-0.39, 0.29) is 13.2 Å². The molecule has 0 radical (unpaired) electrons. The molecule has 0 bridgehead atoms. The molecular weight excluding hydrogens is 198 g/mol. The first-order valence-corrected chi connectivity index (χ1v) is 4.74. The van der Waals surface area contributed by atoms with Crippen molar-refractivity contribution in [1.29, 1.82) is 0 Å². The van der Waals surface area contributed by atoms with Crippen LogP contribution in [0.25, 0.3) is 0 Å². The van der Waals surface area contributed by atoms with Crippen LogP contribution in [0.1, 0.15) is 5.69 Å². The molecule has 1 rings (SSSR count). The van der Waals surface area contributed by atoms with Gasteiger partial charge in [0.2, 0.25) is 0 Å². The van der Waals surface area contributed by atoms with Crippen molar-refractivity contribution in [2.24, 2.45) is 0 Å². The number of hydrogen-bond donors (Lipinski definition) is 2. The third kappa shape index (κ3) is 4.73. The molecule has 0 saturated carbocycles. The largest absolute Gasteiger partial charge is 0.490 e. The predicted molar refractivity (Wildman–Crippen MR) is 53.6 cm³/mol. The number of pyridine rings is 1. The second-order valence-electron chi connectivity index (χ2n) is 2.83. The first-order chi connectivity index (χ1) is 7.36. The number of aliphatic hydroxyl groups is 2. The number of aliphatic hydroxyl groups excluding tert-OH is 2. The Bertz CT molecular complexity index is 263. The van der Waals surface area contributed by atoms with Gasteiger partial charge in [-0.15, -0.1) is 0 Å². The minimum atomic E-state index is -0.0696. The van der Waals surface area contributed by atoms with Crippen molar-refractivity contribution in [3.8, 4) is 5.75 Å². The van der Waals surface area contributed by atoms with E-state index in [1.807, 2.05) is 0 Å². The van der Waals surface area contributed by atoms with E-state index in [9.17, 15) is 0 Å². The van der Waals surface area contributed by atoms with Gasteiger partial charge in [-0.1, -0.05) is 0 Å². The number of rotatable bonds is 7. The molecule has 0 aromatic carbocycles. The molecule has 0 saturated heterocycles. The van der Waals surface area contributed by atoms with Crippen LogP contribution in [0.4, 0.5) is 0 Å². The number of ether oxygens (including phenoxy) is 2. The van der Waals surface area contributed by atoms with E-state index >= 15 is 0 Å². The van der Waals surface area contributed by atoms with Gasteiger partial charge in [-0.05, 0) is 12.1 Å². The fraction of sp³-hybridized carbons (Fsp3) is 0.500. The van der Waals surface area contributed by atoms with Gasteiger partial charge in [0, 0.05) is 0 Å². The number of nitrogens with zero attached hydrogens (tertiary/aromatic N) is 1. The van der Waals surface area contributed by atoms with E-state index in [0.717, 1.165) is 0 Å². The molecule has 5 nitrogen and oxygen atoms in total. The van der Waals surface area contributed by atoms with Gasteiger partial charge in [-0.25, -0.2) is 0 Å². The van der Waals surface area contributed by atoms with Crippen molar-refractivity contribution in [1.82, 2.24) is 4.98 Å². The highest BCUT2D eigenvalue weighted by Gasteiger charge is 1.95. The van der Waals surface area contributed by atoms with Gasteiger partial charge < -0.3 is 19.7 Å². The van der Waals surface area contributed by atoms with Gasteiger partial charge in [0.05, 0.1) is 38.3 Å². The highest BCUT2D eigenvalue weighted by Crippen LogP contribution is 2.08. The van der Waals surface area contributed by atoms with Crippen LogP contribution in [0, 0.1) is 0 Å². The predicted octanol–water partition coefficient (Wildman–Crippen LogP) is -0.0384. The molecule has 0 amide bonds. The lowest BCUT2D eigenvalue weighted by Gasteiger charge is -2.06. The van der Waals surface area contributed by atoms with Crippen LogP contribution < -0.4 is 4.74 Å². The van der Waals surface area contributed by atoms with Crippen LogP contribution >= 0.6 is 0 Å². The smallest absolute Gasteiger partial charge is 0.137 e. The summed E-state index contributed by atoms with van der Waals surface area (Å²) in [6, 6.07) is 3.44. The van der Waals surface area contributed by atoms with Gasteiger partial charge in [-0.3, -0.25) is 4.98 Å². The summed E-state index contributed by atoms with van der Waals surface area (Å²) in [6.45, 7) is 1.13. The Hall–Kier alpha value is -1.17. The summed E-state index contributed by atoms with van der Waals surface area (Å²) in [4.78, 5) is 3.96. The van der Waals surface area contributed by atoms with Crippen LogP contribution in [0.5, 0.6) is 5.75 Å². The molecule has 15 heavy (non-hydrogen) atoms. The quantitative estimate of drug-likeness (QED) is 0.622. The molecule has 1 aromatic heterocycles. The lowest BCUT2D eigenvalue weighted by molar-refractivity contribution is 0.0704. The maximum absolute atomic E-state index is 8.75. The molecule has 1 aromatic rings. The Kier molecular flexibility index (Phi) is 5.69. The molecule has 2 N–H and O–H groups in total. The second-order valence-corrected chi connectivity index (χ2v) is 2.83. The maximum atomic E-state index is 8.75. The van der Waals surface area contributed by atoms with Gasteiger partial charge in [0.25, 0.3) is 0 Å². The highest BCUT2D eigenvalue weighted by molar-refractivity contribution is 5.19. The highest BCUT2D eigenvalue weighted by atomic mass is 16.5. The summed E-state index contributed by atoms with van der Waals surface area (Å²) in [5, 5.41) is 17.2. The summed E-state index contributed by atoms with van der Waals surface area (Å²) < 4.78 is 10.3. The summed E-state index contributed by atoms with van der Waals surface area (Å²) in [7, 11) is 0. The van der Waals surface area contributed by atoms with Crippen molar-refractivity contribution < 1.29 is 19.7 Å². The molecule has 0 spiro atoms. The molecule has 0 unspecified atom stereocenters. The topological polar surface area (TPSA) is 71.8 Å². The molecule has 84 valence electrons. The van der Waals surface area contributed by atoms with Crippen molar-refractivity contribution >= 4 is 0 Å². The SMILES string of the molecule is OCCOCCOc1ccc(CO)nc1. The van der Waals surface area contributed by atoms with E-state index in [1.165, 1.54) is 0 Å². The van der Waals surface area contributed by atoms with Crippen LogP contribution in [-0.4, -0.2) is 41.6 Å². The summed E-state index contributed by atoms with van der Waals surface area (Å²) in [5.74, 6) is 0.639. The van der Waals surface area contributed by atoms with E-state index in [2.05, 4.69) is 4.98 Å². The summed E-state index contributed by atoms with van der Waals surface area (Å²) in [6.07, 6.45) is 1.55. The molecule has 5 heteroatoms. The van der Waals surface area contributed by atoms with Crippen molar-refractivity contribution in [2.75, 3.05) is 26.4 Å². The van der Waals surface area contributed by atoms with E-state index < -0.39 is 0 Å². The van der Waals surface area contributed by atoms with Gasteiger partial charge in [0.1, 0.15) is 12.4 Å². The zero-order valence-electron chi connectivity index (χ0n) is 8.43. The second kappa shape index (κ2) is 7.17. The van der Waals surface area contributed by atoms with Crippen LogP contribution in [-0.2, 0) is 11.3 Å². The zero-order chi connectivity index (χ0) is 10.9. The Morgan fingerprint density at radius 1 is 1.13 bits per heavy atom. The lowest BCUT2D eigenvalue weighted by atomic mass is 10.3. The Balaban J connectivity index is 2.20. The minimum Gasteiger partial charge on any atom is -0.490 e. The normalized spacial score (nSPS) is 10.3. The van der Waals surface area contributed by atoms with Crippen LogP contribution in [0.3, 0.4) is 0 Å². The molecular formula is C10H15NO4. The van der Waals surface area contributed by atoms with Gasteiger partial charge in [-0.2, -0.15) is 0 Å². The third-order valence-electron chi connectivity index (χ3n) is 1.69. The lowest BCUT2D eigenvalue weighted by Crippen LogP contribution is -2.09. The molecule has 0 aliphatic carbocycles. The molecule has 1 heterocycles. The summed E-state index contributed by atoms with van der Waals surface area (Å²) >= 11 is 0. The standard InChI is InChI=1S/C10H15NO4/c12-3-4-14-5-6-15-10-2-1-9(8-13)11-7-10/h1-2,7,12-13H,3-6,8H2. The fourth-order valence-electron chi connectivity index (χ4n) is 0.975. The molecule has 0 atom stereocenters. The third-order valence-corrected chi connectivity index (χ3v) is 1.69. The van der Waals surface area contributed by atoms with Crippen LogP contribution in [0.2, 0.25) is 0 Å². The molecule has 0 aliphatic heterocycles. The monoisotopic (exact) mass is 213 g/mol. The fourth-order valence-corrected chi connectivity index (χ4v) is 0.975. The average molecular weight is 213 g/mol. The van der Waals surface area contributed by atoms with E-state index in [0.29, 0.717) is 31.3 Å². The zero-order valence-corrected chi connectivity index (χ0v) is 8.43. The summed E-state index contributed by atoms with van der Waals surface area (Å²) in [5.41, 5.74) is 0.610. The Labute approximate surface area is 88.3 Å². The van der Waals surface area contributed by atoms with Gasteiger partial charge in [0.15, 0.2) is 0 Å². The van der Waals surface area contributed by atoms with Crippen molar-refractivity contribution in [3.63, 3.8) is 0 Å². The van der Waals surface area contributed by atoms with Crippen molar-refractivity contribution in [3.05, 3.63) is 24.0 Å². The molecule has 0 fully saturated rings. The Morgan fingerprint density at radius 3 is 2.60 bits per heavy atom. The molecule has 0 aliphatic rings. The van der Waals surface area contributed by atoms with Gasteiger partial charge >= 0.3 is 0 Å². The number of hydrogen-bond acceptors (Lipinski definition) is 5. The first kappa shape index (κ1) is 11.9. The van der Waals surface area contributed by atoms with E-state index in [1.54, 1.807) is 18.3 Å². The first-order valence-electron chi connectivity index (χ1n) is 4.74. The Morgan fingerprint density at radius 2 is 2.00 bits per heavy atom. The average Bonchev–Trinajstić information content (AvgIpc) is 2.30. The van der Waals surface area contributed by atoms with Crippen molar-refractivity contribution in [2.45, 2.75) is 6.61 Å². The minimum absolute atomic E-state index is 0.0206. The maximum Gasteiger partial charge on any atom is 0.137 e. The van der Waals surface area contributed by atoms with E-state index in [4.69, 9.17) is 19.7 Å². The van der Waals surface area contributed by atoms with Crippen LogP contribution in [0.15, 0.2) is 18.3 Å². The number of aromatic nitrogens is 1.